The molecule has 2 aromatic rings. The number of hydrogen-bond donors (Lipinski definition) is 1. The Morgan fingerprint density at radius 3 is 2.05 bits per heavy atom. The third-order valence-electron chi connectivity index (χ3n) is 2.22. The van der Waals surface area contributed by atoms with Crippen molar-refractivity contribution in [3.05, 3.63) is 49.4 Å². The first kappa shape index (κ1) is 14.9. The van der Waals surface area contributed by atoms with Crippen LogP contribution in [-0.2, 0) is 0 Å². The largest absolute Gasteiger partial charge is 0.506 e. The van der Waals surface area contributed by atoms with Gasteiger partial charge in [0.25, 0.3) is 0 Å². The number of benzene rings is 2. The van der Waals surface area contributed by atoms with Gasteiger partial charge < -0.3 is 9.84 Å². The van der Waals surface area contributed by atoms with Gasteiger partial charge in [0.15, 0.2) is 0 Å². The van der Waals surface area contributed by atoms with Crippen molar-refractivity contribution in [2.75, 3.05) is 0 Å². The molecule has 0 fully saturated rings. The number of hydrogen-bond acceptors (Lipinski definition) is 2. The van der Waals surface area contributed by atoms with Gasteiger partial charge in [-0.25, -0.2) is 0 Å². The summed E-state index contributed by atoms with van der Waals surface area (Å²) in [7, 11) is 0. The molecule has 2 rings (SSSR count). The van der Waals surface area contributed by atoms with E-state index in [0.29, 0.717) is 10.0 Å². The molecule has 0 aliphatic heterocycles. The predicted octanol–water partition coefficient (Wildman–Crippen LogP) is 6.45. The van der Waals surface area contributed by atoms with E-state index in [2.05, 4.69) is 0 Å². The van der Waals surface area contributed by atoms with Gasteiger partial charge in [-0.15, -0.1) is 0 Å². The van der Waals surface area contributed by atoms with E-state index in [1.165, 1.54) is 24.3 Å². The average molecular weight is 358 g/mol. The Bertz CT molecular complexity index is 643. The van der Waals surface area contributed by atoms with Gasteiger partial charge in [-0.3, -0.25) is 0 Å². The molecule has 0 radical (unpaired) electrons. The van der Waals surface area contributed by atoms with Crippen LogP contribution in [0.5, 0.6) is 17.2 Å². The molecule has 7 heteroatoms. The van der Waals surface area contributed by atoms with Gasteiger partial charge in [0, 0.05) is 6.07 Å². The minimum atomic E-state index is -0.140. The Hall–Kier alpha value is -0.510. The predicted molar refractivity (Wildman–Crippen MR) is 79.7 cm³/mol. The van der Waals surface area contributed by atoms with Crippen molar-refractivity contribution in [1.29, 1.82) is 0 Å². The van der Waals surface area contributed by atoms with Gasteiger partial charge in [0.2, 0.25) is 0 Å². The van der Waals surface area contributed by atoms with Crippen molar-refractivity contribution in [2.45, 2.75) is 0 Å². The lowest BCUT2D eigenvalue weighted by molar-refractivity contribution is 0.465. The molecule has 0 spiro atoms. The summed E-state index contributed by atoms with van der Waals surface area (Å²) in [5.41, 5.74) is 0. The second-order valence-corrected chi connectivity index (χ2v) is 5.49. The summed E-state index contributed by atoms with van der Waals surface area (Å²) < 4.78 is 5.51. The first-order valence-electron chi connectivity index (χ1n) is 4.89. The van der Waals surface area contributed by atoms with Crippen molar-refractivity contribution < 1.29 is 9.84 Å². The van der Waals surface area contributed by atoms with Gasteiger partial charge in [0.1, 0.15) is 27.3 Å². The SMILES string of the molecule is Oc1ccc(Oc2cc(Cl)c(Cl)cc2Cl)c(Cl)c1Cl. The smallest absolute Gasteiger partial charge is 0.147 e. The van der Waals surface area contributed by atoms with E-state index in [1.54, 1.807) is 0 Å². The zero-order valence-corrected chi connectivity index (χ0v) is 12.8. The van der Waals surface area contributed by atoms with Crippen molar-refractivity contribution in [2.24, 2.45) is 0 Å². The highest BCUT2D eigenvalue weighted by atomic mass is 35.5. The van der Waals surface area contributed by atoms with Crippen LogP contribution < -0.4 is 4.74 Å². The van der Waals surface area contributed by atoms with Crippen LogP contribution in [0.15, 0.2) is 24.3 Å². The number of rotatable bonds is 2. The molecule has 2 nitrogen and oxygen atoms in total. The van der Waals surface area contributed by atoms with E-state index in [1.807, 2.05) is 0 Å². The van der Waals surface area contributed by atoms with Gasteiger partial charge in [-0.05, 0) is 18.2 Å². The molecule has 0 aliphatic carbocycles. The summed E-state index contributed by atoms with van der Waals surface area (Å²) in [6.45, 7) is 0. The lowest BCUT2D eigenvalue weighted by Gasteiger charge is -2.11. The summed E-state index contributed by atoms with van der Waals surface area (Å²) in [6.07, 6.45) is 0. The second-order valence-electron chi connectivity index (χ2n) is 3.51. The lowest BCUT2D eigenvalue weighted by Crippen LogP contribution is -1.88. The molecule has 0 saturated heterocycles. The summed E-state index contributed by atoms with van der Waals surface area (Å²) in [6, 6.07) is 5.73. The Morgan fingerprint density at radius 2 is 1.37 bits per heavy atom. The van der Waals surface area contributed by atoms with Gasteiger partial charge in [-0.2, -0.15) is 0 Å². The molecule has 0 saturated carbocycles. The summed E-state index contributed by atoms with van der Waals surface area (Å²) in [4.78, 5) is 0. The topological polar surface area (TPSA) is 29.5 Å². The monoisotopic (exact) mass is 356 g/mol. The molecular weight excluding hydrogens is 353 g/mol. The summed E-state index contributed by atoms with van der Waals surface area (Å²) in [5.74, 6) is 0.378. The van der Waals surface area contributed by atoms with Crippen LogP contribution in [0.4, 0.5) is 0 Å². The van der Waals surface area contributed by atoms with E-state index >= 15 is 0 Å². The third kappa shape index (κ3) is 3.15. The molecular formula is C12H5Cl5O2. The Morgan fingerprint density at radius 1 is 0.737 bits per heavy atom. The molecule has 0 unspecified atom stereocenters. The Labute approximate surface area is 134 Å². The molecule has 0 aliphatic rings. The Kier molecular flexibility index (Phi) is 4.59. The Balaban J connectivity index is 2.42. The van der Waals surface area contributed by atoms with Crippen LogP contribution in [0.25, 0.3) is 0 Å². The lowest BCUT2D eigenvalue weighted by atomic mass is 10.3. The average Bonchev–Trinajstić information content (AvgIpc) is 2.36. The van der Waals surface area contributed by atoms with Crippen LogP contribution in [0.2, 0.25) is 25.1 Å². The standard InChI is InChI=1S/C12H5Cl5O2/c13-5-3-7(15)10(4-6(5)14)19-9-2-1-8(18)11(16)12(9)17/h1-4,18H. The number of halogens is 5. The highest BCUT2D eigenvalue weighted by Crippen LogP contribution is 2.42. The minimum Gasteiger partial charge on any atom is -0.506 e. The van der Waals surface area contributed by atoms with Crippen LogP contribution in [0.3, 0.4) is 0 Å². The molecule has 0 heterocycles. The van der Waals surface area contributed by atoms with Crippen LogP contribution in [0, 0.1) is 0 Å². The second kappa shape index (κ2) is 5.86. The molecule has 2 aromatic carbocycles. The van der Waals surface area contributed by atoms with E-state index in [-0.39, 0.29) is 32.3 Å². The number of ether oxygens (including phenoxy) is 1. The molecule has 19 heavy (non-hydrogen) atoms. The minimum absolute atomic E-state index is 0.00431. The van der Waals surface area contributed by atoms with Gasteiger partial charge in [-0.1, -0.05) is 58.0 Å². The molecule has 0 bridgehead atoms. The fourth-order valence-electron chi connectivity index (χ4n) is 1.30. The number of phenolic OH excluding ortho intramolecular Hbond substituents is 1. The highest BCUT2D eigenvalue weighted by Gasteiger charge is 2.14. The van der Waals surface area contributed by atoms with Crippen LogP contribution >= 0.6 is 58.0 Å². The molecule has 0 aromatic heterocycles. The van der Waals surface area contributed by atoms with Crippen molar-refractivity contribution in [3.8, 4) is 17.2 Å². The zero-order valence-electron chi connectivity index (χ0n) is 9.05. The first-order chi connectivity index (χ1) is 8.90. The summed E-state index contributed by atoms with van der Waals surface area (Å²) >= 11 is 29.4. The quantitative estimate of drug-likeness (QED) is 0.625. The van der Waals surface area contributed by atoms with Crippen LogP contribution in [-0.4, -0.2) is 5.11 Å². The van der Waals surface area contributed by atoms with Gasteiger partial charge >= 0.3 is 0 Å². The van der Waals surface area contributed by atoms with Crippen molar-refractivity contribution in [1.82, 2.24) is 0 Å². The molecule has 1 N–H and O–H groups in total. The van der Waals surface area contributed by atoms with Crippen LogP contribution in [0.1, 0.15) is 0 Å². The fraction of sp³-hybridized carbons (Fsp3) is 0. The molecule has 0 atom stereocenters. The van der Waals surface area contributed by atoms with E-state index in [0.717, 1.165) is 0 Å². The van der Waals surface area contributed by atoms with E-state index in [9.17, 15) is 5.11 Å². The maximum atomic E-state index is 9.39. The third-order valence-corrected chi connectivity index (χ3v) is 4.09. The van der Waals surface area contributed by atoms with Gasteiger partial charge in [0.05, 0.1) is 15.1 Å². The number of phenols is 1. The normalized spacial score (nSPS) is 10.6. The maximum Gasteiger partial charge on any atom is 0.147 e. The summed E-state index contributed by atoms with van der Waals surface area (Å²) in [5, 5.41) is 10.3. The van der Waals surface area contributed by atoms with Crippen molar-refractivity contribution >= 4 is 58.0 Å². The molecule has 100 valence electrons. The zero-order chi connectivity index (χ0) is 14.2. The van der Waals surface area contributed by atoms with E-state index in [4.69, 9.17) is 62.7 Å². The fourth-order valence-corrected chi connectivity index (χ4v) is 2.23. The first-order valence-corrected chi connectivity index (χ1v) is 6.78. The highest BCUT2D eigenvalue weighted by molar-refractivity contribution is 6.44. The number of aromatic hydroxyl groups is 1. The maximum absolute atomic E-state index is 9.39. The molecule has 0 amide bonds. The van der Waals surface area contributed by atoms with E-state index < -0.39 is 0 Å². The van der Waals surface area contributed by atoms with Crippen molar-refractivity contribution in [3.63, 3.8) is 0 Å².